The summed E-state index contributed by atoms with van der Waals surface area (Å²) in [6.07, 6.45) is -2.00. The van der Waals surface area contributed by atoms with Gasteiger partial charge in [0.1, 0.15) is 5.56 Å². The first-order valence-electron chi connectivity index (χ1n) is 3.69. The zero-order valence-electron chi connectivity index (χ0n) is 7.15. The molecule has 0 saturated heterocycles. The third kappa shape index (κ3) is 2.37. The predicted octanol–water partition coefficient (Wildman–Crippen LogP) is 2.02. The Morgan fingerprint density at radius 2 is 2.27 bits per heavy atom. The molecule has 1 N–H and O–H groups in total. The lowest BCUT2D eigenvalue weighted by atomic mass is 10.1. The van der Waals surface area contributed by atoms with Gasteiger partial charge in [0, 0.05) is 11.8 Å². The third-order valence-corrected chi connectivity index (χ3v) is 2.49. The Balaban J connectivity index is 3.51. The van der Waals surface area contributed by atoms with Gasteiger partial charge in [0.05, 0.1) is 11.5 Å². The summed E-state index contributed by atoms with van der Waals surface area (Å²) in [5.41, 5.74) is -1.73. The number of nitrogens with zero attached hydrogens (tertiary/aromatic N) is 2. The van der Waals surface area contributed by atoms with Crippen LogP contribution in [0.15, 0.2) is 6.20 Å². The van der Waals surface area contributed by atoms with Crippen LogP contribution in [0, 0.1) is 13.8 Å². The number of alkyl halides is 2. The highest BCUT2D eigenvalue weighted by molar-refractivity contribution is 14.1. The van der Waals surface area contributed by atoms with E-state index in [1.54, 1.807) is 0 Å². The fourth-order valence-corrected chi connectivity index (χ4v) is 1.70. The van der Waals surface area contributed by atoms with Crippen molar-refractivity contribution in [2.75, 3.05) is 0 Å². The highest BCUT2D eigenvalue weighted by Crippen LogP contribution is 2.34. The number of hydrogen-bond donors (Lipinski definition) is 1. The molecule has 0 atom stereocenters. The molecule has 0 bridgehead atoms. The van der Waals surface area contributed by atoms with Crippen LogP contribution >= 0.6 is 22.6 Å². The van der Waals surface area contributed by atoms with E-state index >= 15 is 0 Å². The molecule has 1 aromatic heterocycles. The number of pyridine rings is 1. The van der Waals surface area contributed by atoms with Gasteiger partial charge >= 0.3 is 5.69 Å². The van der Waals surface area contributed by atoms with Gasteiger partial charge < -0.3 is 5.11 Å². The lowest BCUT2D eigenvalue weighted by Crippen LogP contribution is -2.05. The average molecular weight is 330 g/mol. The van der Waals surface area contributed by atoms with Crippen LogP contribution in [0.3, 0.4) is 0 Å². The Bertz CT molecular complexity index is 400. The molecule has 0 aliphatic heterocycles. The monoisotopic (exact) mass is 330 g/mol. The van der Waals surface area contributed by atoms with Gasteiger partial charge in [0.15, 0.2) is 3.70 Å². The van der Waals surface area contributed by atoms with Crippen LogP contribution in [0.1, 0.15) is 17.6 Å². The number of aliphatic hydroxyl groups is 1. The molecule has 1 rings (SSSR count). The molecular weight excluding hydrogens is 325 g/mol. The van der Waals surface area contributed by atoms with Crippen LogP contribution in [0.5, 0.6) is 0 Å². The fraction of sp³-hybridized carbons (Fsp3) is 0.286. The summed E-state index contributed by atoms with van der Waals surface area (Å²) >= 11 is 1.50. The van der Waals surface area contributed by atoms with E-state index in [1.807, 2.05) is 0 Å². The van der Waals surface area contributed by atoms with Crippen molar-refractivity contribution in [1.82, 2.24) is 4.98 Å². The van der Waals surface area contributed by atoms with Crippen molar-refractivity contribution in [3.8, 4) is 0 Å². The zero-order chi connectivity index (χ0) is 11.6. The summed E-state index contributed by atoms with van der Waals surface area (Å²) in [5, 5.41) is 19.3. The third-order valence-electron chi connectivity index (χ3n) is 1.70. The minimum Gasteiger partial charge on any atom is -0.392 e. The number of halogens is 3. The van der Waals surface area contributed by atoms with Crippen LogP contribution in [0.2, 0.25) is 0 Å². The number of rotatable bonds is 3. The molecule has 8 heteroatoms. The molecule has 0 aliphatic rings. The van der Waals surface area contributed by atoms with Crippen LogP contribution < -0.4 is 0 Å². The van der Waals surface area contributed by atoms with E-state index < -0.39 is 29.2 Å². The van der Waals surface area contributed by atoms with Crippen molar-refractivity contribution in [2.24, 2.45) is 0 Å². The van der Waals surface area contributed by atoms with Gasteiger partial charge in [0.2, 0.25) is 0 Å². The molecular formula is C7H5F2IN2O3. The minimum atomic E-state index is -3.01. The van der Waals surface area contributed by atoms with Crippen molar-refractivity contribution in [3.63, 3.8) is 0 Å². The number of nitro groups is 1. The second-order valence-corrected chi connectivity index (χ2v) is 3.57. The SMILES string of the molecule is O=[N+]([O-])c1c(I)ncc(CO)c1C(F)F. The summed E-state index contributed by atoms with van der Waals surface area (Å²) in [5.74, 6) is 0. The van der Waals surface area contributed by atoms with Crippen molar-refractivity contribution < 1.29 is 18.8 Å². The molecule has 0 saturated carbocycles. The quantitative estimate of drug-likeness (QED) is 0.398. The van der Waals surface area contributed by atoms with Gasteiger partial charge in [-0.1, -0.05) is 0 Å². The van der Waals surface area contributed by atoms with Gasteiger partial charge in [-0.25, -0.2) is 13.8 Å². The van der Waals surface area contributed by atoms with Crippen molar-refractivity contribution >= 4 is 28.3 Å². The highest BCUT2D eigenvalue weighted by atomic mass is 127. The smallest absolute Gasteiger partial charge is 0.310 e. The van der Waals surface area contributed by atoms with Gasteiger partial charge in [-0.05, 0) is 22.6 Å². The molecule has 0 aliphatic carbocycles. The maximum Gasteiger partial charge on any atom is 0.310 e. The van der Waals surface area contributed by atoms with Gasteiger partial charge in [0.25, 0.3) is 6.43 Å². The summed E-state index contributed by atoms with van der Waals surface area (Å²) < 4.78 is 25.0. The molecule has 1 heterocycles. The first kappa shape index (κ1) is 12.2. The van der Waals surface area contributed by atoms with Gasteiger partial charge in [-0.15, -0.1) is 0 Å². The fourth-order valence-electron chi connectivity index (χ4n) is 1.07. The number of hydrogen-bond acceptors (Lipinski definition) is 4. The molecule has 0 aromatic carbocycles. The standard InChI is InChI=1S/C7H5F2IN2O3/c8-6(9)4-3(2-13)1-11-7(10)5(4)12(14)15/h1,6,13H,2H2. The second kappa shape index (κ2) is 4.75. The van der Waals surface area contributed by atoms with E-state index in [0.29, 0.717) is 0 Å². The van der Waals surface area contributed by atoms with Crippen molar-refractivity contribution in [2.45, 2.75) is 13.0 Å². The molecule has 82 valence electrons. The topological polar surface area (TPSA) is 76.3 Å². The predicted molar refractivity (Wildman–Crippen MR) is 54.5 cm³/mol. The Labute approximate surface area is 96.4 Å². The normalized spacial score (nSPS) is 10.7. The van der Waals surface area contributed by atoms with E-state index in [4.69, 9.17) is 5.11 Å². The molecule has 0 unspecified atom stereocenters. The Kier molecular flexibility index (Phi) is 3.85. The maximum absolute atomic E-state index is 12.6. The summed E-state index contributed by atoms with van der Waals surface area (Å²) in [6, 6.07) is 0. The second-order valence-electron chi connectivity index (χ2n) is 2.55. The summed E-state index contributed by atoms with van der Waals surface area (Å²) in [7, 11) is 0. The molecule has 0 amide bonds. The van der Waals surface area contributed by atoms with Crippen molar-refractivity contribution in [3.05, 3.63) is 31.1 Å². The Morgan fingerprint density at radius 3 is 2.67 bits per heavy atom. The maximum atomic E-state index is 12.6. The zero-order valence-corrected chi connectivity index (χ0v) is 9.31. The van der Waals surface area contributed by atoms with Crippen LogP contribution in [0.4, 0.5) is 14.5 Å². The van der Waals surface area contributed by atoms with E-state index in [-0.39, 0.29) is 9.26 Å². The van der Waals surface area contributed by atoms with E-state index in [2.05, 4.69) is 4.98 Å². The van der Waals surface area contributed by atoms with Gasteiger partial charge in [-0.2, -0.15) is 0 Å². The van der Waals surface area contributed by atoms with Crippen molar-refractivity contribution in [1.29, 1.82) is 0 Å². The highest BCUT2D eigenvalue weighted by Gasteiger charge is 2.29. The van der Waals surface area contributed by atoms with Gasteiger partial charge in [-0.3, -0.25) is 10.1 Å². The average Bonchev–Trinajstić information content (AvgIpc) is 2.16. The molecule has 0 radical (unpaired) electrons. The summed E-state index contributed by atoms with van der Waals surface area (Å²) in [4.78, 5) is 13.2. The first-order chi connectivity index (χ1) is 6.99. The minimum absolute atomic E-state index is 0.120. The molecule has 15 heavy (non-hydrogen) atoms. The first-order valence-corrected chi connectivity index (χ1v) is 4.77. The summed E-state index contributed by atoms with van der Waals surface area (Å²) in [6.45, 7) is -0.704. The number of aliphatic hydroxyl groups excluding tert-OH is 1. The Hall–Kier alpha value is -0.900. The largest absolute Gasteiger partial charge is 0.392 e. The van der Waals surface area contributed by atoms with Crippen LogP contribution in [-0.4, -0.2) is 15.0 Å². The van der Waals surface area contributed by atoms with E-state index in [9.17, 15) is 18.9 Å². The lowest BCUT2D eigenvalue weighted by molar-refractivity contribution is -0.387. The molecule has 1 aromatic rings. The Morgan fingerprint density at radius 1 is 1.67 bits per heavy atom. The van der Waals surface area contributed by atoms with E-state index in [0.717, 1.165) is 6.20 Å². The van der Waals surface area contributed by atoms with Crippen LogP contribution in [-0.2, 0) is 6.61 Å². The number of aromatic nitrogens is 1. The molecule has 0 fully saturated rings. The van der Waals surface area contributed by atoms with Crippen LogP contribution in [0.25, 0.3) is 0 Å². The molecule has 5 nitrogen and oxygen atoms in total. The molecule has 0 spiro atoms. The van der Waals surface area contributed by atoms with E-state index in [1.165, 1.54) is 22.6 Å². The lowest BCUT2D eigenvalue weighted by Gasteiger charge is -2.07.